The maximum absolute atomic E-state index is 14.0. The summed E-state index contributed by atoms with van der Waals surface area (Å²) in [4.78, 5) is 43.7. The van der Waals surface area contributed by atoms with Crippen LogP contribution in [0.4, 0.5) is 0 Å². The van der Waals surface area contributed by atoms with Crippen LogP contribution in [0.15, 0.2) is 67.9 Å². The van der Waals surface area contributed by atoms with Crippen LogP contribution >= 0.6 is 22.9 Å². The van der Waals surface area contributed by atoms with E-state index in [1.807, 2.05) is 0 Å². The summed E-state index contributed by atoms with van der Waals surface area (Å²) in [5.74, 6) is -0.0215. The van der Waals surface area contributed by atoms with Gasteiger partial charge in [0.25, 0.3) is 5.56 Å². The lowest BCUT2D eigenvalue weighted by molar-refractivity contribution is -0.139. The van der Waals surface area contributed by atoms with Crippen molar-refractivity contribution in [3.8, 4) is 28.6 Å². The van der Waals surface area contributed by atoms with Gasteiger partial charge >= 0.3 is 11.9 Å². The second-order valence-corrected chi connectivity index (χ2v) is 10.9. The molecule has 3 heterocycles. The SMILES string of the molecule is CCOC(=O)C1=C(C)N=c2s/c(=C\c3ccc(-c4cc(C(=O)O)ccc4Cl)o3)c(=O)n2C1c1cc(OC)c(OC)c(OC)c1. The third kappa shape index (κ3) is 5.49. The van der Waals surface area contributed by atoms with E-state index in [2.05, 4.69) is 4.99 Å². The normalized spacial score (nSPS) is 14.6. The van der Waals surface area contributed by atoms with Gasteiger partial charge in [-0.1, -0.05) is 22.9 Å². The highest BCUT2D eigenvalue weighted by Crippen LogP contribution is 2.42. The molecule has 5 rings (SSSR count). The Morgan fingerprint density at radius 2 is 1.80 bits per heavy atom. The Kier molecular flexibility index (Phi) is 8.66. The van der Waals surface area contributed by atoms with Crippen molar-refractivity contribution in [1.29, 1.82) is 0 Å². The second-order valence-electron chi connectivity index (χ2n) is 9.46. The number of carboxylic acids is 1. The third-order valence-corrected chi connectivity index (χ3v) is 8.21. The quantitative estimate of drug-likeness (QED) is 0.264. The molecule has 1 aliphatic rings. The van der Waals surface area contributed by atoms with Crippen LogP contribution in [0.1, 0.15) is 41.6 Å². The molecule has 4 aromatic rings. The maximum Gasteiger partial charge on any atom is 0.338 e. The van der Waals surface area contributed by atoms with Gasteiger partial charge in [0.15, 0.2) is 16.3 Å². The van der Waals surface area contributed by atoms with Crippen LogP contribution in [-0.4, -0.2) is 49.5 Å². The molecule has 13 heteroatoms. The maximum atomic E-state index is 14.0. The topological polar surface area (TPSA) is 139 Å². The zero-order chi connectivity index (χ0) is 31.7. The number of allylic oxidation sites excluding steroid dienone is 1. The molecule has 2 aromatic heterocycles. The zero-order valence-electron chi connectivity index (χ0n) is 24.3. The monoisotopic (exact) mass is 638 g/mol. The van der Waals surface area contributed by atoms with Gasteiger partial charge < -0.3 is 28.5 Å². The number of hydrogen-bond acceptors (Lipinski definition) is 10. The highest BCUT2D eigenvalue weighted by Gasteiger charge is 2.34. The third-order valence-electron chi connectivity index (χ3n) is 6.90. The molecule has 11 nitrogen and oxygen atoms in total. The molecular formula is C31H27ClN2O9S. The van der Waals surface area contributed by atoms with Crippen LogP contribution in [0.2, 0.25) is 5.02 Å². The van der Waals surface area contributed by atoms with Gasteiger partial charge in [-0.2, -0.15) is 0 Å². The number of nitrogens with zero attached hydrogens (tertiary/aromatic N) is 2. The predicted molar refractivity (Wildman–Crippen MR) is 163 cm³/mol. The molecule has 0 radical (unpaired) electrons. The summed E-state index contributed by atoms with van der Waals surface area (Å²) in [5.41, 5.74) is 1.11. The number of esters is 1. The van der Waals surface area contributed by atoms with Gasteiger partial charge in [-0.15, -0.1) is 0 Å². The molecule has 1 N–H and O–H groups in total. The van der Waals surface area contributed by atoms with Gasteiger partial charge in [0.2, 0.25) is 5.75 Å². The van der Waals surface area contributed by atoms with Crippen molar-refractivity contribution in [2.24, 2.45) is 4.99 Å². The summed E-state index contributed by atoms with van der Waals surface area (Å²) in [6.45, 7) is 3.50. The average molecular weight is 639 g/mol. The van der Waals surface area contributed by atoms with Crippen LogP contribution in [0.25, 0.3) is 17.4 Å². The van der Waals surface area contributed by atoms with Crippen molar-refractivity contribution in [2.45, 2.75) is 19.9 Å². The molecule has 0 fully saturated rings. The summed E-state index contributed by atoms with van der Waals surface area (Å²) >= 11 is 7.43. The number of fused-ring (bicyclic) bond motifs is 1. The number of methoxy groups -OCH3 is 3. The van der Waals surface area contributed by atoms with Crippen LogP contribution in [-0.2, 0) is 9.53 Å². The molecule has 0 saturated carbocycles. The minimum atomic E-state index is -1.10. The lowest BCUT2D eigenvalue weighted by Gasteiger charge is -2.26. The average Bonchev–Trinajstić information content (AvgIpc) is 3.59. The Morgan fingerprint density at radius 1 is 1.09 bits per heavy atom. The molecule has 1 unspecified atom stereocenters. The number of carbonyl (C=O) groups excluding carboxylic acids is 1. The summed E-state index contributed by atoms with van der Waals surface area (Å²) in [7, 11) is 4.43. The Balaban J connectivity index is 1.68. The molecule has 1 atom stereocenters. The molecular weight excluding hydrogens is 612 g/mol. The number of furan rings is 1. The molecule has 0 bridgehead atoms. The fourth-order valence-corrected chi connectivity index (χ4v) is 6.16. The summed E-state index contributed by atoms with van der Waals surface area (Å²) in [5, 5.41) is 9.68. The Morgan fingerprint density at radius 3 is 2.41 bits per heavy atom. The van der Waals surface area contributed by atoms with Gasteiger partial charge in [-0.3, -0.25) is 9.36 Å². The molecule has 228 valence electrons. The lowest BCUT2D eigenvalue weighted by Crippen LogP contribution is -2.40. The Bertz CT molecular complexity index is 1980. The first kappa shape index (κ1) is 30.6. The number of halogens is 1. The van der Waals surface area contributed by atoms with E-state index in [-0.39, 0.29) is 22.3 Å². The molecule has 0 amide bonds. The second kappa shape index (κ2) is 12.4. The van der Waals surface area contributed by atoms with Crippen LogP contribution in [0, 0.1) is 0 Å². The minimum Gasteiger partial charge on any atom is -0.493 e. The van der Waals surface area contributed by atoms with E-state index in [1.165, 1.54) is 44.1 Å². The van der Waals surface area contributed by atoms with Gasteiger partial charge in [0.1, 0.15) is 11.5 Å². The van der Waals surface area contributed by atoms with Gasteiger partial charge in [0, 0.05) is 11.6 Å². The molecule has 44 heavy (non-hydrogen) atoms. The number of thiazole rings is 1. The van der Waals surface area contributed by atoms with Crippen molar-refractivity contribution in [2.75, 3.05) is 27.9 Å². The number of benzene rings is 2. The van der Waals surface area contributed by atoms with Crippen LogP contribution in [0.3, 0.4) is 0 Å². The minimum absolute atomic E-state index is 0.0511. The van der Waals surface area contributed by atoms with E-state index in [4.69, 9.17) is 35.0 Å². The fraction of sp³-hybridized carbons (Fsp3) is 0.226. The van der Waals surface area contributed by atoms with E-state index in [1.54, 1.807) is 44.2 Å². The van der Waals surface area contributed by atoms with E-state index >= 15 is 0 Å². The van der Waals surface area contributed by atoms with E-state index in [0.29, 0.717) is 55.4 Å². The first-order valence-electron chi connectivity index (χ1n) is 13.2. The highest BCUT2D eigenvalue weighted by molar-refractivity contribution is 7.07. The van der Waals surface area contributed by atoms with E-state index < -0.39 is 23.5 Å². The number of hydrogen-bond donors (Lipinski definition) is 1. The molecule has 0 spiro atoms. The summed E-state index contributed by atoms with van der Waals surface area (Å²) in [6, 6.07) is 10.00. The van der Waals surface area contributed by atoms with Crippen LogP contribution < -0.4 is 29.1 Å². The Labute approximate surface area is 259 Å². The molecule has 0 saturated heterocycles. The summed E-state index contributed by atoms with van der Waals surface area (Å²) in [6.07, 6.45) is 1.55. The number of aromatic carboxylic acids is 1. The number of aromatic nitrogens is 1. The standard InChI is InChI=1S/C31H27ClN2O9S/c1-6-42-30(38)25-15(2)33-31-34(26(25)17-12-22(39-3)27(41-5)23(13-17)40-4)28(35)24(44-31)14-18-8-10-21(43-18)19-11-16(29(36)37)7-9-20(19)32/h7-14,26H,6H2,1-5H3,(H,36,37)/b24-14-. The van der Waals surface area contributed by atoms with Crippen molar-refractivity contribution >= 4 is 41.0 Å². The van der Waals surface area contributed by atoms with Crippen LogP contribution in [0.5, 0.6) is 17.2 Å². The lowest BCUT2D eigenvalue weighted by atomic mass is 9.95. The molecule has 2 aromatic carbocycles. The van der Waals surface area contributed by atoms with Gasteiger partial charge in [0.05, 0.1) is 60.4 Å². The smallest absolute Gasteiger partial charge is 0.338 e. The number of ether oxygens (including phenoxy) is 4. The molecule has 0 aliphatic carbocycles. The number of carboxylic acid groups (broad SMARTS) is 1. The summed E-state index contributed by atoms with van der Waals surface area (Å²) < 4.78 is 29.6. The van der Waals surface area contributed by atoms with Gasteiger partial charge in [-0.05, 0) is 61.9 Å². The Hall–Kier alpha value is -4.81. The van der Waals surface area contributed by atoms with E-state index in [9.17, 15) is 19.5 Å². The fourth-order valence-electron chi connectivity index (χ4n) is 4.92. The number of rotatable bonds is 9. The predicted octanol–water partition coefficient (Wildman–Crippen LogP) is 4.44. The van der Waals surface area contributed by atoms with Crippen molar-refractivity contribution in [1.82, 2.24) is 4.57 Å². The van der Waals surface area contributed by atoms with Crippen molar-refractivity contribution in [3.05, 3.63) is 95.3 Å². The molecule has 1 aliphatic heterocycles. The largest absolute Gasteiger partial charge is 0.493 e. The van der Waals surface area contributed by atoms with Crippen molar-refractivity contribution < 1.29 is 38.1 Å². The first-order chi connectivity index (χ1) is 21.1. The highest BCUT2D eigenvalue weighted by atomic mass is 35.5. The first-order valence-corrected chi connectivity index (χ1v) is 14.4. The van der Waals surface area contributed by atoms with Crippen molar-refractivity contribution in [3.63, 3.8) is 0 Å². The van der Waals surface area contributed by atoms with Gasteiger partial charge in [-0.25, -0.2) is 14.6 Å². The number of carbonyl (C=O) groups is 2. The zero-order valence-corrected chi connectivity index (χ0v) is 25.9. The van der Waals surface area contributed by atoms with E-state index in [0.717, 1.165) is 11.3 Å².